The van der Waals surface area contributed by atoms with Crippen LogP contribution in [0.1, 0.15) is 46.0 Å². The third kappa shape index (κ3) is 3.71. The molecule has 0 N–H and O–H groups in total. The Balaban J connectivity index is 1.75. The van der Waals surface area contributed by atoms with Gasteiger partial charge < -0.3 is 9.80 Å². The van der Waals surface area contributed by atoms with Gasteiger partial charge in [-0.05, 0) is 57.2 Å². The molecular weight excluding hydrogens is 224 g/mol. The molecule has 3 heteroatoms. The van der Waals surface area contributed by atoms with E-state index in [1.807, 2.05) is 0 Å². The topological polar surface area (TPSA) is 23.6 Å². The molecule has 2 saturated heterocycles. The van der Waals surface area contributed by atoms with Crippen molar-refractivity contribution in [2.24, 2.45) is 11.3 Å². The fourth-order valence-corrected chi connectivity index (χ4v) is 3.00. The molecule has 2 rings (SSSR count). The van der Waals surface area contributed by atoms with Gasteiger partial charge in [0.05, 0.1) is 0 Å². The third-order valence-electron chi connectivity index (χ3n) is 4.77. The smallest absolute Gasteiger partial charge is 0.222 e. The van der Waals surface area contributed by atoms with Gasteiger partial charge in [-0.3, -0.25) is 4.79 Å². The van der Waals surface area contributed by atoms with Crippen molar-refractivity contribution in [3.63, 3.8) is 0 Å². The lowest BCUT2D eigenvalue weighted by atomic mass is 9.82. The van der Waals surface area contributed by atoms with Crippen molar-refractivity contribution in [2.45, 2.75) is 46.0 Å². The molecule has 104 valence electrons. The summed E-state index contributed by atoms with van der Waals surface area (Å²) in [5, 5.41) is 0. The summed E-state index contributed by atoms with van der Waals surface area (Å²) in [4.78, 5) is 16.7. The first-order valence-corrected chi connectivity index (χ1v) is 7.43. The maximum atomic E-state index is 12.3. The van der Waals surface area contributed by atoms with Gasteiger partial charge in [0, 0.05) is 19.5 Å². The van der Waals surface area contributed by atoms with E-state index in [1.165, 1.54) is 12.8 Å². The summed E-state index contributed by atoms with van der Waals surface area (Å²) in [6, 6.07) is 0. The summed E-state index contributed by atoms with van der Waals surface area (Å²) in [7, 11) is 2.17. The first-order valence-electron chi connectivity index (χ1n) is 7.43. The van der Waals surface area contributed by atoms with Crippen LogP contribution in [0.2, 0.25) is 0 Å². The van der Waals surface area contributed by atoms with Crippen molar-refractivity contribution in [2.75, 3.05) is 33.2 Å². The van der Waals surface area contributed by atoms with Gasteiger partial charge in [0.15, 0.2) is 0 Å². The highest BCUT2D eigenvalue weighted by Crippen LogP contribution is 2.30. The standard InChI is InChI=1S/C15H28N2O/c1-15(2)6-10-17(11-7-15)14(18)12-13-4-8-16(3)9-5-13/h13H,4-12H2,1-3H3. The summed E-state index contributed by atoms with van der Waals surface area (Å²) in [6.07, 6.45) is 5.50. The molecule has 0 aliphatic carbocycles. The molecule has 0 aromatic rings. The lowest BCUT2D eigenvalue weighted by Crippen LogP contribution is -2.42. The fourth-order valence-electron chi connectivity index (χ4n) is 3.00. The van der Waals surface area contributed by atoms with Crippen LogP contribution < -0.4 is 0 Å². The van der Waals surface area contributed by atoms with Gasteiger partial charge in [0.25, 0.3) is 0 Å². The molecular formula is C15H28N2O. The van der Waals surface area contributed by atoms with Crippen LogP contribution in [0.4, 0.5) is 0 Å². The lowest BCUT2D eigenvalue weighted by molar-refractivity contribution is -0.134. The van der Waals surface area contributed by atoms with E-state index in [2.05, 4.69) is 30.7 Å². The van der Waals surface area contributed by atoms with Gasteiger partial charge in [-0.2, -0.15) is 0 Å². The third-order valence-corrected chi connectivity index (χ3v) is 4.77. The Hall–Kier alpha value is -0.570. The molecule has 2 heterocycles. The van der Waals surface area contributed by atoms with E-state index in [0.29, 0.717) is 17.2 Å². The largest absolute Gasteiger partial charge is 0.343 e. The second kappa shape index (κ2) is 5.60. The predicted molar refractivity (Wildman–Crippen MR) is 74.4 cm³/mol. The highest BCUT2D eigenvalue weighted by molar-refractivity contribution is 5.76. The van der Waals surface area contributed by atoms with Crippen molar-refractivity contribution in [3.8, 4) is 0 Å². The molecule has 0 atom stereocenters. The van der Waals surface area contributed by atoms with Gasteiger partial charge in [-0.25, -0.2) is 0 Å². The van der Waals surface area contributed by atoms with Gasteiger partial charge in [-0.1, -0.05) is 13.8 Å². The average molecular weight is 252 g/mol. The average Bonchev–Trinajstić information content (AvgIpc) is 2.32. The molecule has 2 fully saturated rings. The SMILES string of the molecule is CN1CCC(CC(=O)N2CCC(C)(C)CC2)CC1. The fraction of sp³-hybridized carbons (Fsp3) is 0.933. The molecule has 0 spiro atoms. The lowest BCUT2D eigenvalue weighted by Gasteiger charge is -2.38. The van der Waals surface area contributed by atoms with Crippen molar-refractivity contribution >= 4 is 5.91 Å². The van der Waals surface area contributed by atoms with E-state index in [9.17, 15) is 4.79 Å². The summed E-state index contributed by atoms with van der Waals surface area (Å²) in [6.45, 7) is 8.88. The summed E-state index contributed by atoms with van der Waals surface area (Å²) in [5.74, 6) is 1.03. The van der Waals surface area contributed by atoms with Crippen LogP contribution in [-0.2, 0) is 4.79 Å². The Morgan fingerprint density at radius 1 is 1.11 bits per heavy atom. The van der Waals surface area contributed by atoms with Crippen molar-refractivity contribution in [1.82, 2.24) is 9.80 Å². The molecule has 0 saturated carbocycles. The van der Waals surface area contributed by atoms with Crippen molar-refractivity contribution < 1.29 is 4.79 Å². The molecule has 1 amide bonds. The monoisotopic (exact) mass is 252 g/mol. The van der Waals surface area contributed by atoms with Crippen LogP contribution in [0.5, 0.6) is 0 Å². The Bertz CT molecular complexity index is 283. The molecule has 18 heavy (non-hydrogen) atoms. The number of carbonyl (C=O) groups is 1. The number of rotatable bonds is 2. The summed E-state index contributed by atoms with van der Waals surface area (Å²) >= 11 is 0. The van der Waals surface area contributed by atoms with E-state index in [-0.39, 0.29) is 0 Å². The summed E-state index contributed by atoms with van der Waals surface area (Å²) < 4.78 is 0. The number of likely N-dealkylation sites (tertiary alicyclic amines) is 2. The predicted octanol–water partition coefficient (Wildman–Crippen LogP) is 2.37. The van der Waals surface area contributed by atoms with E-state index >= 15 is 0 Å². The Kier molecular flexibility index (Phi) is 4.31. The number of piperidine rings is 2. The Morgan fingerprint density at radius 3 is 2.22 bits per heavy atom. The maximum Gasteiger partial charge on any atom is 0.222 e. The molecule has 0 radical (unpaired) electrons. The van der Waals surface area contributed by atoms with Crippen LogP contribution in [0, 0.1) is 11.3 Å². The van der Waals surface area contributed by atoms with E-state index in [1.54, 1.807) is 0 Å². The minimum atomic E-state index is 0.403. The van der Waals surface area contributed by atoms with Crippen LogP contribution in [0.15, 0.2) is 0 Å². The maximum absolute atomic E-state index is 12.3. The minimum Gasteiger partial charge on any atom is -0.343 e. The van der Waals surface area contributed by atoms with Gasteiger partial charge in [0.2, 0.25) is 5.91 Å². The van der Waals surface area contributed by atoms with Gasteiger partial charge in [0.1, 0.15) is 0 Å². The van der Waals surface area contributed by atoms with Crippen LogP contribution in [-0.4, -0.2) is 48.9 Å². The van der Waals surface area contributed by atoms with Crippen molar-refractivity contribution in [3.05, 3.63) is 0 Å². The van der Waals surface area contributed by atoms with Crippen LogP contribution in [0.25, 0.3) is 0 Å². The second-order valence-electron chi connectivity index (χ2n) is 7.00. The first kappa shape index (κ1) is 13.9. The molecule has 0 aromatic heterocycles. The highest BCUT2D eigenvalue weighted by Gasteiger charge is 2.29. The second-order valence-corrected chi connectivity index (χ2v) is 7.00. The molecule has 0 unspecified atom stereocenters. The molecule has 2 aliphatic heterocycles. The van der Waals surface area contributed by atoms with Crippen molar-refractivity contribution in [1.29, 1.82) is 0 Å². The van der Waals surface area contributed by atoms with E-state index in [4.69, 9.17) is 0 Å². The highest BCUT2D eigenvalue weighted by atomic mass is 16.2. The first-order chi connectivity index (χ1) is 8.46. The number of hydrogen-bond acceptors (Lipinski definition) is 2. The summed E-state index contributed by atoms with van der Waals surface area (Å²) in [5.41, 5.74) is 0.435. The van der Waals surface area contributed by atoms with Gasteiger partial charge in [-0.15, -0.1) is 0 Å². The van der Waals surface area contributed by atoms with Crippen LogP contribution >= 0.6 is 0 Å². The minimum absolute atomic E-state index is 0.403. The van der Waals surface area contributed by atoms with Crippen LogP contribution in [0.3, 0.4) is 0 Å². The Labute approximate surface area is 112 Å². The zero-order chi connectivity index (χ0) is 13.2. The number of nitrogens with zero attached hydrogens (tertiary/aromatic N) is 2. The zero-order valence-corrected chi connectivity index (χ0v) is 12.2. The van der Waals surface area contributed by atoms with E-state index in [0.717, 1.165) is 45.4 Å². The molecule has 0 bridgehead atoms. The zero-order valence-electron chi connectivity index (χ0n) is 12.2. The van der Waals surface area contributed by atoms with Gasteiger partial charge >= 0.3 is 0 Å². The number of carbonyl (C=O) groups excluding carboxylic acids is 1. The molecule has 0 aromatic carbocycles. The molecule has 2 aliphatic rings. The Morgan fingerprint density at radius 2 is 1.67 bits per heavy atom. The molecule has 3 nitrogen and oxygen atoms in total. The quantitative estimate of drug-likeness (QED) is 0.753. The van der Waals surface area contributed by atoms with E-state index < -0.39 is 0 Å². The normalized spacial score (nSPS) is 26.3. The number of hydrogen-bond donors (Lipinski definition) is 0. The number of amides is 1.